The first-order valence-corrected chi connectivity index (χ1v) is 8.13. The lowest BCUT2D eigenvalue weighted by atomic mass is 9.75. The Morgan fingerprint density at radius 3 is 2.36 bits per heavy atom. The topological polar surface area (TPSA) is 61.8 Å². The summed E-state index contributed by atoms with van der Waals surface area (Å²) in [4.78, 5) is 23.3. The van der Waals surface area contributed by atoms with Gasteiger partial charge in [-0.3, -0.25) is 0 Å². The van der Waals surface area contributed by atoms with Crippen molar-refractivity contribution < 1.29 is 23.8 Å². The van der Waals surface area contributed by atoms with Crippen LogP contribution >= 0.6 is 0 Å². The fourth-order valence-corrected chi connectivity index (χ4v) is 2.90. The maximum absolute atomic E-state index is 11.8. The van der Waals surface area contributed by atoms with Gasteiger partial charge in [0, 0.05) is 0 Å². The van der Waals surface area contributed by atoms with Crippen LogP contribution in [0.5, 0.6) is 0 Å². The second kappa shape index (κ2) is 7.84. The molecule has 0 aliphatic heterocycles. The lowest BCUT2D eigenvalue weighted by molar-refractivity contribution is -0.159. The molecule has 0 aromatic heterocycles. The zero-order chi connectivity index (χ0) is 16.9. The van der Waals surface area contributed by atoms with Crippen molar-refractivity contribution in [1.29, 1.82) is 0 Å². The van der Waals surface area contributed by atoms with Crippen LogP contribution in [0.2, 0.25) is 0 Å². The van der Waals surface area contributed by atoms with Crippen molar-refractivity contribution in [3.05, 3.63) is 0 Å². The highest BCUT2D eigenvalue weighted by Crippen LogP contribution is 2.35. The molecule has 1 rings (SSSR count). The van der Waals surface area contributed by atoms with Crippen LogP contribution in [0.25, 0.3) is 0 Å². The summed E-state index contributed by atoms with van der Waals surface area (Å²) in [7, 11) is 0. The van der Waals surface area contributed by atoms with E-state index in [2.05, 4.69) is 20.8 Å². The highest BCUT2D eigenvalue weighted by molar-refractivity contribution is 5.74. The van der Waals surface area contributed by atoms with Gasteiger partial charge < -0.3 is 14.2 Å². The van der Waals surface area contributed by atoms with Crippen LogP contribution in [0.15, 0.2) is 0 Å². The van der Waals surface area contributed by atoms with E-state index < -0.39 is 24.3 Å². The Kier molecular flexibility index (Phi) is 6.69. The van der Waals surface area contributed by atoms with Gasteiger partial charge in [-0.2, -0.15) is 0 Å². The molecule has 0 spiro atoms. The number of carbonyl (C=O) groups excluding carboxylic acids is 2. The molecule has 0 N–H and O–H groups in total. The largest absolute Gasteiger partial charge is 0.509 e. The summed E-state index contributed by atoms with van der Waals surface area (Å²) in [5.41, 5.74) is -0.591. The summed E-state index contributed by atoms with van der Waals surface area (Å²) in [5.74, 6) is 0.780. The van der Waals surface area contributed by atoms with E-state index in [1.165, 1.54) is 0 Å². The van der Waals surface area contributed by atoms with E-state index in [0.717, 1.165) is 19.3 Å². The smallest absolute Gasteiger partial charge is 0.457 e. The summed E-state index contributed by atoms with van der Waals surface area (Å²) in [6.45, 7) is 11.3. The highest BCUT2D eigenvalue weighted by atomic mass is 16.7. The molecule has 0 amide bonds. The predicted molar refractivity (Wildman–Crippen MR) is 83.4 cm³/mol. The molecule has 5 heteroatoms. The Hall–Kier alpha value is -1.26. The Balaban J connectivity index is 2.44. The highest BCUT2D eigenvalue weighted by Gasteiger charge is 2.34. The van der Waals surface area contributed by atoms with Crippen molar-refractivity contribution in [1.82, 2.24) is 0 Å². The number of rotatable bonds is 4. The van der Waals surface area contributed by atoms with Crippen LogP contribution in [0, 0.1) is 17.8 Å². The summed E-state index contributed by atoms with van der Waals surface area (Å²) < 4.78 is 15.4. The molecule has 3 atom stereocenters. The fraction of sp³-hybridized carbons (Fsp3) is 0.882. The number of hydrogen-bond donors (Lipinski definition) is 0. The first kappa shape index (κ1) is 18.8. The number of ether oxygens (including phenoxy) is 3. The van der Waals surface area contributed by atoms with Crippen LogP contribution in [-0.4, -0.2) is 30.4 Å². The van der Waals surface area contributed by atoms with E-state index in [-0.39, 0.29) is 6.10 Å². The van der Waals surface area contributed by atoms with Crippen molar-refractivity contribution >= 4 is 12.1 Å². The first-order chi connectivity index (χ1) is 10.1. The Bertz CT molecular complexity index is 383. The molecular weight excluding hydrogens is 284 g/mol. The fourth-order valence-electron chi connectivity index (χ4n) is 2.90. The molecular formula is C17H30O5. The predicted octanol–water partition coefficient (Wildman–Crippen LogP) is 3.94. The SMILES string of the molecule is CC(C)[C@@H]1CC[C@@H](C)C[C@H]1OC(=O)OCC(=O)OC(C)(C)C. The average molecular weight is 314 g/mol. The second-order valence-corrected chi connectivity index (χ2v) is 7.61. The third-order valence-electron chi connectivity index (χ3n) is 3.94. The monoisotopic (exact) mass is 314 g/mol. The van der Waals surface area contributed by atoms with Crippen molar-refractivity contribution in [2.24, 2.45) is 17.8 Å². The lowest BCUT2D eigenvalue weighted by Crippen LogP contribution is -2.36. The van der Waals surface area contributed by atoms with Gasteiger partial charge in [-0.05, 0) is 51.4 Å². The standard InChI is InChI=1S/C17H30O5/c1-11(2)13-8-7-12(3)9-14(13)21-16(19)20-10-15(18)22-17(4,5)6/h11-14H,7-10H2,1-6H3/t12-,13+,14-/m1/s1. The van der Waals surface area contributed by atoms with Gasteiger partial charge >= 0.3 is 12.1 Å². The normalized spacial score (nSPS) is 25.7. The Morgan fingerprint density at radius 2 is 1.82 bits per heavy atom. The van der Waals surface area contributed by atoms with Gasteiger partial charge in [0.05, 0.1) is 0 Å². The van der Waals surface area contributed by atoms with Crippen LogP contribution in [0.1, 0.15) is 60.8 Å². The average Bonchev–Trinajstić information content (AvgIpc) is 2.34. The zero-order valence-electron chi connectivity index (χ0n) is 14.7. The molecule has 1 fully saturated rings. The van der Waals surface area contributed by atoms with E-state index in [1.807, 2.05) is 0 Å². The van der Waals surface area contributed by atoms with Gasteiger partial charge in [0.1, 0.15) is 11.7 Å². The summed E-state index contributed by atoms with van der Waals surface area (Å²) >= 11 is 0. The molecule has 0 aromatic carbocycles. The second-order valence-electron chi connectivity index (χ2n) is 7.61. The van der Waals surface area contributed by atoms with Crippen molar-refractivity contribution in [3.63, 3.8) is 0 Å². The molecule has 1 saturated carbocycles. The molecule has 5 nitrogen and oxygen atoms in total. The maximum atomic E-state index is 11.8. The Labute approximate surface area is 133 Å². The quantitative estimate of drug-likeness (QED) is 0.735. The van der Waals surface area contributed by atoms with Gasteiger partial charge in [-0.25, -0.2) is 9.59 Å². The van der Waals surface area contributed by atoms with Gasteiger partial charge in [0.2, 0.25) is 0 Å². The van der Waals surface area contributed by atoms with Crippen LogP contribution in [0.4, 0.5) is 4.79 Å². The van der Waals surface area contributed by atoms with E-state index in [4.69, 9.17) is 14.2 Å². The van der Waals surface area contributed by atoms with Gasteiger partial charge in [-0.1, -0.05) is 27.2 Å². The summed E-state index contributed by atoms with van der Waals surface area (Å²) in [6, 6.07) is 0. The number of carbonyl (C=O) groups is 2. The third-order valence-corrected chi connectivity index (χ3v) is 3.94. The Morgan fingerprint density at radius 1 is 1.18 bits per heavy atom. The van der Waals surface area contributed by atoms with Crippen molar-refractivity contribution in [2.75, 3.05) is 6.61 Å². The van der Waals surface area contributed by atoms with E-state index >= 15 is 0 Å². The summed E-state index contributed by atoms with van der Waals surface area (Å²) in [6.07, 6.45) is 2.16. The molecule has 1 aliphatic rings. The van der Waals surface area contributed by atoms with E-state index in [9.17, 15) is 9.59 Å². The number of hydrogen-bond acceptors (Lipinski definition) is 5. The molecule has 1 aliphatic carbocycles. The van der Waals surface area contributed by atoms with Crippen LogP contribution in [0.3, 0.4) is 0 Å². The lowest BCUT2D eigenvalue weighted by Gasteiger charge is -2.36. The van der Waals surface area contributed by atoms with Crippen LogP contribution in [-0.2, 0) is 19.0 Å². The molecule has 0 heterocycles. The van der Waals surface area contributed by atoms with Crippen LogP contribution < -0.4 is 0 Å². The van der Waals surface area contributed by atoms with Crippen molar-refractivity contribution in [2.45, 2.75) is 72.5 Å². The molecule has 0 aromatic rings. The molecule has 0 unspecified atom stereocenters. The van der Waals surface area contributed by atoms with Gasteiger partial charge in [0.25, 0.3) is 0 Å². The third kappa shape index (κ3) is 6.67. The number of esters is 1. The molecule has 0 bridgehead atoms. The van der Waals surface area contributed by atoms with E-state index in [1.54, 1.807) is 20.8 Å². The minimum Gasteiger partial charge on any atom is -0.457 e. The van der Waals surface area contributed by atoms with Crippen molar-refractivity contribution in [3.8, 4) is 0 Å². The maximum Gasteiger partial charge on any atom is 0.509 e. The molecule has 22 heavy (non-hydrogen) atoms. The van der Waals surface area contributed by atoms with E-state index in [0.29, 0.717) is 17.8 Å². The summed E-state index contributed by atoms with van der Waals surface area (Å²) in [5, 5.41) is 0. The minimum atomic E-state index is -0.782. The van der Waals surface area contributed by atoms with Gasteiger partial charge in [0.15, 0.2) is 6.61 Å². The molecule has 128 valence electrons. The molecule has 0 saturated heterocycles. The minimum absolute atomic E-state index is 0.130. The van der Waals surface area contributed by atoms with Gasteiger partial charge in [-0.15, -0.1) is 0 Å². The molecule has 0 radical (unpaired) electrons. The first-order valence-electron chi connectivity index (χ1n) is 8.13. The zero-order valence-corrected chi connectivity index (χ0v) is 14.7.